The van der Waals surface area contributed by atoms with E-state index in [2.05, 4.69) is 36.2 Å². The molecule has 0 aliphatic carbocycles. The molecule has 5 nitrogen and oxygen atoms in total. The summed E-state index contributed by atoms with van der Waals surface area (Å²) >= 11 is 5.95. The van der Waals surface area contributed by atoms with Crippen LogP contribution in [0.25, 0.3) is 0 Å². The minimum atomic E-state index is 0.0437. The number of nitrogens with one attached hydrogen (secondary N) is 1. The molecule has 0 radical (unpaired) electrons. The van der Waals surface area contributed by atoms with Gasteiger partial charge in [-0.2, -0.15) is 0 Å². The fourth-order valence-corrected chi connectivity index (χ4v) is 3.11. The lowest BCUT2D eigenvalue weighted by molar-refractivity contribution is 0.108. The molecule has 1 N–H and O–H groups in total. The number of urea groups is 1. The molecule has 1 saturated heterocycles. The van der Waals surface area contributed by atoms with Crippen molar-refractivity contribution >= 4 is 17.6 Å². The maximum absolute atomic E-state index is 12.3. The topological polar surface area (TPSA) is 44.8 Å². The molecule has 26 heavy (non-hydrogen) atoms. The fourth-order valence-electron chi connectivity index (χ4n) is 2.98. The Hall–Kier alpha value is -1.30. The zero-order chi connectivity index (χ0) is 18.8. The van der Waals surface area contributed by atoms with Gasteiger partial charge in [0, 0.05) is 57.5 Å². The number of rotatable bonds is 8. The summed E-state index contributed by atoms with van der Waals surface area (Å²) in [4.78, 5) is 16.7. The molecule has 6 heteroatoms. The van der Waals surface area contributed by atoms with Crippen molar-refractivity contribution in [3.63, 3.8) is 0 Å². The normalized spacial score (nSPS) is 15.9. The van der Waals surface area contributed by atoms with Gasteiger partial charge in [-0.1, -0.05) is 37.6 Å². The average molecular weight is 382 g/mol. The number of halogens is 1. The van der Waals surface area contributed by atoms with Crippen LogP contribution in [0.4, 0.5) is 4.79 Å². The second-order valence-corrected chi connectivity index (χ2v) is 7.73. The maximum atomic E-state index is 12.3. The Balaban J connectivity index is 1.65. The van der Waals surface area contributed by atoms with Crippen LogP contribution in [0.3, 0.4) is 0 Å². The smallest absolute Gasteiger partial charge is 0.317 e. The van der Waals surface area contributed by atoms with Crippen molar-refractivity contribution in [3.05, 3.63) is 34.9 Å². The van der Waals surface area contributed by atoms with Crippen LogP contribution in [0.15, 0.2) is 24.3 Å². The van der Waals surface area contributed by atoms with Crippen LogP contribution in [0.2, 0.25) is 5.02 Å². The van der Waals surface area contributed by atoms with Crippen molar-refractivity contribution in [2.45, 2.75) is 33.2 Å². The Kier molecular flexibility index (Phi) is 9.23. The molecule has 1 aliphatic heterocycles. The largest absolute Gasteiger partial charge is 0.381 e. The molecule has 2 amide bonds. The van der Waals surface area contributed by atoms with E-state index >= 15 is 0 Å². The molecule has 146 valence electrons. The summed E-state index contributed by atoms with van der Waals surface area (Å²) in [6.07, 6.45) is 1.85. The summed E-state index contributed by atoms with van der Waals surface area (Å²) < 4.78 is 5.54. The van der Waals surface area contributed by atoms with Crippen LogP contribution in [0.5, 0.6) is 0 Å². The third kappa shape index (κ3) is 7.94. The number of hydrogen-bond donors (Lipinski definition) is 1. The molecule has 0 aromatic heterocycles. The SMILES string of the molecule is CC(C)COCCCNC(=O)N1CCCN(Cc2ccc(Cl)cc2)CC1. The van der Waals surface area contributed by atoms with Crippen LogP contribution in [-0.4, -0.2) is 61.8 Å². The molecule has 0 saturated carbocycles. The summed E-state index contributed by atoms with van der Waals surface area (Å²) in [5.41, 5.74) is 1.26. The number of carbonyl (C=O) groups is 1. The molecule has 1 aromatic carbocycles. The highest BCUT2D eigenvalue weighted by molar-refractivity contribution is 6.30. The second kappa shape index (κ2) is 11.4. The maximum Gasteiger partial charge on any atom is 0.317 e. The van der Waals surface area contributed by atoms with Gasteiger partial charge in [-0.15, -0.1) is 0 Å². The summed E-state index contributed by atoms with van der Waals surface area (Å²) in [5.74, 6) is 0.553. The first-order valence-electron chi connectivity index (χ1n) is 9.62. The van der Waals surface area contributed by atoms with Crippen LogP contribution in [0.1, 0.15) is 32.3 Å². The minimum absolute atomic E-state index is 0.0437. The fraction of sp³-hybridized carbons (Fsp3) is 0.650. The molecule has 0 atom stereocenters. The van der Waals surface area contributed by atoms with Crippen molar-refractivity contribution in [3.8, 4) is 0 Å². The van der Waals surface area contributed by atoms with Crippen LogP contribution >= 0.6 is 11.6 Å². The van der Waals surface area contributed by atoms with Crippen LogP contribution in [-0.2, 0) is 11.3 Å². The van der Waals surface area contributed by atoms with Crippen molar-refractivity contribution in [1.29, 1.82) is 0 Å². The number of carbonyl (C=O) groups excluding carboxylic acids is 1. The van der Waals surface area contributed by atoms with E-state index in [4.69, 9.17) is 16.3 Å². The molecule has 2 rings (SSSR count). The monoisotopic (exact) mass is 381 g/mol. The van der Waals surface area contributed by atoms with E-state index in [1.54, 1.807) is 0 Å². The number of amides is 2. The Morgan fingerprint density at radius 3 is 2.69 bits per heavy atom. The van der Waals surface area contributed by atoms with Gasteiger partial charge in [0.15, 0.2) is 0 Å². The Morgan fingerprint density at radius 2 is 1.96 bits per heavy atom. The molecule has 0 unspecified atom stereocenters. The standard InChI is InChI=1S/C20H32ClN3O2/c1-17(2)16-26-14-3-9-22-20(25)24-11-4-10-23(12-13-24)15-18-5-7-19(21)8-6-18/h5-8,17H,3-4,9-16H2,1-2H3,(H,22,25). The molecular formula is C20H32ClN3O2. The number of ether oxygens (including phenoxy) is 1. The van der Waals surface area contributed by atoms with Gasteiger partial charge < -0.3 is 15.0 Å². The van der Waals surface area contributed by atoms with Crippen LogP contribution in [0, 0.1) is 5.92 Å². The summed E-state index contributed by atoms with van der Waals surface area (Å²) in [6, 6.07) is 8.04. The molecule has 0 bridgehead atoms. The first-order valence-corrected chi connectivity index (χ1v) is 9.99. The van der Waals surface area contributed by atoms with Gasteiger partial charge in [-0.25, -0.2) is 4.79 Å². The van der Waals surface area contributed by atoms with Crippen molar-refractivity contribution in [1.82, 2.24) is 15.1 Å². The Morgan fingerprint density at radius 1 is 1.19 bits per heavy atom. The molecule has 0 spiro atoms. The summed E-state index contributed by atoms with van der Waals surface area (Å²) in [5, 5.41) is 3.78. The van der Waals surface area contributed by atoms with E-state index in [9.17, 15) is 4.79 Å². The molecule has 1 aliphatic rings. The lowest BCUT2D eigenvalue weighted by Crippen LogP contribution is -2.42. The first kappa shape index (κ1) is 21.0. The second-order valence-electron chi connectivity index (χ2n) is 7.30. The van der Waals surface area contributed by atoms with Crippen LogP contribution < -0.4 is 5.32 Å². The van der Waals surface area contributed by atoms with E-state index in [-0.39, 0.29) is 6.03 Å². The summed E-state index contributed by atoms with van der Waals surface area (Å²) in [7, 11) is 0. The molecule has 1 fully saturated rings. The molecular weight excluding hydrogens is 350 g/mol. The number of benzene rings is 1. The highest BCUT2D eigenvalue weighted by atomic mass is 35.5. The predicted octanol–water partition coefficient (Wildman–Crippen LogP) is 3.62. The first-order chi connectivity index (χ1) is 12.5. The molecule has 1 aromatic rings. The van der Waals surface area contributed by atoms with Gasteiger partial charge >= 0.3 is 6.03 Å². The highest BCUT2D eigenvalue weighted by Crippen LogP contribution is 2.13. The highest BCUT2D eigenvalue weighted by Gasteiger charge is 2.18. The van der Waals surface area contributed by atoms with E-state index in [0.717, 1.165) is 57.2 Å². The van der Waals surface area contributed by atoms with E-state index < -0.39 is 0 Å². The van der Waals surface area contributed by atoms with Gasteiger partial charge in [0.05, 0.1) is 0 Å². The van der Waals surface area contributed by atoms with Gasteiger partial charge in [-0.3, -0.25) is 4.90 Å². The predicted molar refractivity (Wildman–Crippen MR) is 107 cm³/mol. The van der Waals surface area contributed by atoms with E-state index in [1.807, 2.05) is 17.0 Å². The van der Waals surface area contributed by atoms with Gasteiger partial charge in [-0.05, 0) is 36.5 Å². The average Bonchev–Trinajstić information content (AvgIpc) is 2.85. The van der Waals surface area contributed by atoms with E-state index in [0.29, 0.717) is 19.1 Å². The van der Waals surface area contributed by atoms with Gasteiger partial charge in [0.2, 0.25) is 0 Å². The van der Waals surface area contributed by atoms with Crippen molar-refractivity contribution in [2.24, 2.45) is 5.92 Å². The third-order valence-electron chi connectivity index (χ3n) is 4.39. The lowest BCUT2D eigenvalue weighted by Gasteiger charge is -2.22. The number of nitrogens with zero attached hydrogens (tertiary/aromatic N) is 2. The van der Waals surface area contributed by atoms with Crippen molar-refractivity contribution in [2.75, 3.05) is 45.9 Å². The molecule has 1 heterocycles. The van der Waals surface area contributed by atoms with E-state index in [1.165, 1.54) is 5.56 Å². The Bertz CT molecular complexity index is 536. The number of hydrogen-bond acceptors (Lipinski definition) is 3. The third-order valence-corrected chi connectivity index (χ3v) is 4.64. The summed E-state index contributed by atoms with van der Waals surface area (Å²) in [6.45, 7) is 10.8. The Labute approximate surface area is 162 Å². The van der Waals surface area contributed by atoms with Gasteiger partial charge in [0.25, 0.3) is 0 Å². The quantitative estimate of drug-likeness (QED) is 0.699. The van der Waals surface area contributed by atoms with Crippen molar-refractivity contribution < 1.29 is 9.53 Å². The zero-order valence-corrected chi connectivity index (χ0v) is 16.8. The minimum Gasteiger partial charge on any atom is -0.381 e. The zero-order valence-electron chi connectivity index (χ0n) is 16.0. The van der Waals surface area contributed by atoms with Gasteiger partial charge in [0.1, 0.15) is 0 Å². The lowest BCUT2D eigenvalue weighted by atomic mass is 10.2.